The standard InChI is InChI=1S/C13H17BrO4/c1-4-11(13(15)17-5-2)18-12-7-6-9(16-3)8-10(12)14/h6-8,11H,4-5H2,1-3H3. The number of hydrogen-bond donors (Lipinski definition) is 0. The van der Waals surface area contributed by atoms with Gasteiger partial charge in [0.1, 0.15) is 11.5 Å². The molecule has 0 aliphatic heterocycles. The van der Waals surface area contributed by atoms with Crippen molar-refractivity contribution in [1.82, 2.24) is 0 Å². The summed E-state index contributed by atoms with van der Waals surface area (Å²) in [5.74, 6) is 0.969. The highest BCUT2D eigenvalue weighted by molar-refractivity contribution is 9.10. The van der Waals surface area contributed by atoms with Crippen molar-refractivity contribution in [3.8, 4) is 11.5 Å². The molecule has 0 saturated carbocycles. The van der Waals surface area contributed by atoms with E-state index in [0.717, 1.165) is 10.2 Å². The van der Waals surface area contributed by atoms with Crippen LogP contribution in [0.5, 0.6) is 11.5 Å². The predicted molar refractivity (Wildman–Crippen MR) is 72.0 cm³/mol. The van der Waals surface area contributed by atoms with Crippen molar-refractivity contribution in [2.24, 2.45) is 0 Å². The van der Waals surface area contributed by atoms with Crippen molar-refractivity contribution in [2.75, 3.05) is 13.7 Å². The Labute approximate surface area is 115 Å². The van der Waals surface area contributed by atoms with E-state index < -0.39 is 6.10 Å². The molecule has 0 aliphatic carbocycles. The third-order valence-electron chi connectivity index (χ3n) is 2.33. The zero-order valence-electron chi connectivity index (χ0n) is 10.7. The van der Waals surface area contributed by atoms with Gasteiger partial charge in [-0.1, -0.05) is 6.92 Å². The topological polar surface area (TPSA) is 44.8 Å². The number of carbonyl (C=O) groups excluding carboxylic acids is 1. The molecular weight excluding hydrogens is 300 g/mol. The number of benzene rings is 1. The van der Waals surface area contributed by atoms with Gasteiger partial charge in [0.25, 0.3) is 0 Å². The number of hydrogen-bond acceptors (Lipinski definition) is 4. The van der Waals surface area contributed by atoms with Gasteiger partial charge in [-0.25, -0.2) is 4.79 Å². The van der Waals surface area contributed by atoms with Crippen LogP contribution in [0.1, 0.15) is 20.3 Å². The minimum Gasteiger partial charge on any atom is -0.497 e. The van der Waals surface area contributed by atoms with E-state index in [9.17, 15) is 4.79 Å². The van der Waals surface area contributed by atoms with Gasteiger partial charge in [0.2, 0.25) is 0 Å². The van der Waals surface area contributed by atoms with Gasteiger partial charge in [0.15, 0.2) is 6.10 Å². The normalized spacial score (nSPS) is 11.8. The first-order valence-corrected chi connectivity index (χ1v) is 6.58. The van der Waals surface area contributed by atoms with Gasteiger partial charge in [0.05, 0.1) is 18.2 Å². The molecule has 0 aromatic heterocycles. The van der Waals surface area contributed by atoms with Crippen LogP contribution in [-0.4, -0.2) is 25.8 Å². The van der Waals surface area contributed by atoms with Crippen LogP contribution in [0.4, 0.5) is 0 Å². The van der Waals surface area contributed by atoms with Gasteiger partial charge in [-0.2, -0.15) is 0 Å². The average molecular weight is 317 g/mol. The van der Waals surface area contributed by atoms with E-state index in [4.69, 9.17) is 14.2 Å². The molecule has 1 rings (SSSR count). The summed E-state index contributed by atoms with van der Waals surface area (Å²) in [6.45, 7) is 4.00. The first kappa shape index (κ1) is 14.8. The van der Waals surface area contributed by atoms with Crippen molar-refractivity contribution in [3.63, 3.8) is 0 Å². The lowest BCUT2D eigenvalue weighted by molar-refractivity contribution is -0.151. The summed E-state index contributed by atoms with van der Waals surface area (Å²) in [4.78, 5) is 11.6. The highest BCUT2D eigenvalue weighted by Crippen LogP contribution is 2.30. The molecule has 4 nitrogen and oxygen atoms in total. The van der Waals surface area contributed by atoms with Crippen molar-refractivity contribution in [3.05, 3.63) is 22.7 Å². The third-order valence-corrected chi connectivity index (χ3v) is 2.95. The molecular formula is C13H17BrO4. The summed E-state index contributed by atoms with van der Waals surface area (Å²) < 4.78 is 16.4. The van der Waals surface area contributed by atoms with E-state index in [1.54, 1.807) is 32.2 Å². The summed E-state index contributed by atoms with van der Waals surface area (Å²) >= 11 is 3.38. The third kappa shape index (κ3) is 3.91. The van der Waals surface area contributed by atoms with Crippen LogP contribution >= 0.6 is 15.9 Å². The molecule has 0 fully saturated rings. The van der Waals surface area contributed by atoms with E-state index in [-0.39, 0.29) is 5.97 Å². The Morgan fingerprint density at radius 2 is 2.11 bits per heavy atom. The first-order chi connectivity index (χ1) is 8.62. The van der Waals surface area contributed by atoms with Gasteiger partial charge in [-0.05, 0) is 47.5 Å². The lowest BCUT2D eigenvalue weighted by Crippen LogP contribution is -2.28. The highest BCUT2D eigenvalue weighted by atomic mass is 79.9. The van der Waals surface area contributed by atoms with Gasteiger partial charge < -0.3 is 14.2 Å². The second kappa shape index (κ2) is 7.26. The molecule has 0 spiro atoms. The van der Waals surface area contributed by atoms with Gasteiger partial charge in [-0.3, -0.25) is 0 Å². The van der Waals surface area contributed by atoms with E-state index in [2.05, 4.69) is 15.9 Å². The predicted octanol–water partition coefficient (Wildman–Crippen LogP) is 3.18. The van der Waals surface area contributed by atoms with Crippen molar-refractivity contribution < 1.29 is 19.0 Å². The van der Waals surface area contributed by atoms with E-state index >= 15 is 0 Å². The lowest BCUT2D eigenvalue weighted by atomic mass is 10.2. The summed E-state index contributed by atoms with van der Waals surface area (Å²) in [5.41, 5.74) is 0. The smallest absolute Gasteiger partial charge is 0.347 e. The Bertz CT molecular complexity index is 406. The maximum atomic E-state index is 11.6. The van der Waals surface area contributed by atoms with Crippen LogP contribution < -0.4 is 9.47 Å². The zero-order valence-corrected chi connectivity index (χ0v) is 12.3. The maximum Gasteiger partial charge on any atom is 0.347 e. The van der Waals surface area contributed by atoms with Gasteiger partial charge >= 0.3 is 5.97 Å². The number of carbonyl (C=O) groups is 1. The minimum atomic E-state index is -0.588. The molecule has 1 unspecified atom stereocenters. The number of ether oxygens (including phenoxy) is 3. The molecule has 0 bridgehead atoms. The van der Waals surface area contributed by atoms with E-state index in [0.29, 0.717) is 18.8 Å². The zero-order chi connectivity index (χ0) is 13.5. The second-order valence-electron chi connectivity index (χ2n) is 3.56. The summed E-state index contributed by atoms with van der Waals surface area (Å²) in [6, 6.07) is 5.32. The maximum absolute atomic E-state index is 11.6. The second-order valence-corrected chi connectivity index (χ2v) is 4.42. The molecule has 5 heteroatoms. The van der Waals surface area contributed by atoms with E-state index in [1.165, 1.54) is 0 Å². The number of halogens is 1. The lowest BCUT2D eigenvalue weighted by Gasteiger charge is -2.17. The van der Waals surface area contributed by atoms with Crippen LogP contribution in [0.2, 0.25) is 0 Å². The molecule has 0 radical (unpaired) electrons. The SMILES string of the molecule is CCOC(=O)C(CC)Oc1ccc(OC)cc1Br. The number of esters is 1. The fourth-order valence-corrected chi connectivity index (χ4v) is 1.84. The fraction of sp³-hybridized carbons (Fsp3) is 0.462. The molecule has 0 N–H and O–H groups in total. The summed E-state index contributed by atoms with van der Waals surface area (Å²) in [7, 11) is 1.59. The molecule has 18 heavy (non-hydrogen) atoms. The average Bonchev–Trinajstić information content (AvgIpc) is 2.37. The van der Waals surface area contributed by atoms with Crippen LogP contribution in [-0.2, 0) is 9.53 Å². The van der Waals surface area contributed by atoms with Crippen molar-refractivity contribution in [1.29, 1.82) is 0 Å². The number of rotatable bonds is 6. The molecule has 100 valence electrons. The Morgan fingerprint density at radius 3 is 2.61 bits per heavy atom. The fourth-order valence-electron chi connectivity index (χ4n) is 1.39. The number of methoxy groups -OCH3 is 1. The quantitative estimate of drug-likeness (QED) is 0.756. The molecule has 1 atom stereocenters. The van der Waals surface area contributed by atoms with Crippen LogP contribution in [0.25, 0.3) is 0 Å². The summed E-state index contributed by atoms with van der Waals surface area (Å²) in [5, 5.41) is 0. The Hall–Kier alpha value is -1.23. The van der Waals surface area contributed by atoms with Gasteiger partial charge in [-0.15, -0.1) is 0 Å². The Morgan fingerprint density at radius 1 is 1.39 bits per heavy atom. The molecule has 0 saturated heterocycles. The molecule has 0 amide bonds. The highest BCUT2D eigenvalue weighted by Gasteiger charge is 2.20. The minimum absolute atomic E-state index is 0.345. The monoisotopic (exact) mass is 316 g/mol. The van der Waals surface area contributed by atoms with Gasteiger partial charge in [0, 0.05) is 0 Å². The van der Waals surface area contributed by atoms with Crippen LogP contribution in [0, 0.1) is 0 Å². The molecule has 0 aliphatic rings. The van der Waals surface area contributed by atoms with E-state index in [1.807, 2.05) is 6.92 Å². The summed E-state index contributed by atoms with van der Waals surface area (Å²) in [6.07, 6.45) is -0.0354. The molecule has 0 heterocycles. The van der Waals surface area contributed by atoms with Crippen molar-refractivity contribution >= 4 is 21.9 Å². The molecule has 1 aromatic carbocycles. The van der Waals surface area contributed by atoms with Crippen LogP contribution in [0.15, 0.2) is 22.7 Å². The van der Waals surface area contributed by atoms with Crippen molar-refractivity contribution in [2.45, 2.75) is 26.4 Å². The first-order valence-electron chi connectivity index (χ1n) is 5.79. The molecule has 1 aromatic rings. The Kier molecular flexibility index (Phi) is 5.98. The van der Waals surface area contributed by atoms with Crippen LogP contribution in [0.3, 0.4) is 0 Å². The Balaban J connectivity index is 2.78. The largest absolute Gasteiger partial charge is 0.497 e.